The van der Waals surface area contributed by atoms with Gasteiger partial charge >= 0.3 is 0 Å². The van der Waals surface area contributed by atoms with Crippen LogP contribution in [-0.4, -0.2) is 30.2 Å². The van der Waals surface area contributed by atoms with Crippen LogP contribution in [0, 0.1) is 0 Å². The molecule has 0 unspecified atom stereocenters. The molecule has 0 bridgehead atoms. The van der Waals surface area contributed by atoms with Gasteiger partial charge in [-0.15, -0.1) is 0 Å². The number of nitrogens with zero attached hydrogens (tertiary/aromatic N) is 1. The lowest BCUT2D eigenvalue weighted by molar-refractivity contribution is -0.0882. The number of halogens is 2. The zero-order chi connectivity index (χ0) is 12.5. The van der Waals surface area contributed by atoms with Crippen LogP contribution in [0.5, 0.6) is 0 Å². The van der Waals surface area contributed by atoms with Crippen molar-refractivity contribution in [3.63, 3.8) is 0 Å². The maximum atomic E-state index is 6.23. The Morgan fingerprint density at radius 2 is 2.24 bits per heavy atom. The van der Waals surface area contributed by atoms with Gasteiger partial charge in [-0.05, 0) is 31.5 Å². The summed E-state index contributed by atoms with van der Waals surface area (Å²) in [5.41, 5.74) is 1.12. The number of ether oxygens (including phenoxy) is 1. The summed E-state index contributed by atoms with van der Waals surface area (Å²) in [4.78, 5) is 2.39. The summed E-state index contributed by atoms with van der Waals surface area (Å²) in [6, 6.07) is 6.06. The molecule has 0 aliphatic carbocycles. The third-order valence-corrected chi connectivity index (χ3v) is 3.76. The second kappa shape index (κ2) is 5.27. The van der Waals surface area contributed by atoms with Crippen molar-refractivity contribution in [2.45, 2.75) is 26.0 Å². The van der Waals surface area contributed by atoms with Crippen LogP contribution in [0.1, 0.15) is 19.4 Å². The van der Waals surface area contributed by atoms with E-state index < -0.39 is 0 Å². The summed E-state index contributed by atoms with van der Waals surface area (Å²) in [7, 11) is 0. The summed E-state index contributed by atoms with van der Waals surface area (Å²) in [5, 5.41) is 0.823. The molecule has 0 spiro atoms. The van der Waals surface area contributed by atoms with Crippen LogP contribution in [0.4, 0.5) is 0 Å². The summed E-state index contributed by atoms with van der Waals surface area (Å²) in [5.74, 6) is 0. The lowest BCUT2D eigenvalue weighted by Gasteiger charge is -2.38. The Bertz CT molecular complexity index is 408. The third kappa shape index (κ3) is 3.68. The summed E-state index contributed by atoms with van der Waals surface area (Å²) in [6.07, 6.45) is 0. The SMILES string of the molecule is CC1(C)CN(Cc2ccc(Br)cc2Cl)CCO1. The molecule has 0 amide bonds. The molecule has 2 nitrogen and oxygen atoms in total. The zero-order valence-electron chi connectivity index (χ0n) is 10.2. The van der Waals surface area contributed by atoms with E-state index in [1.54, 1.807) is 0 Å². The van der Waals surface area contributed by atoms with Crippen molar-refractivity contribution in [2.75, 3.05) is 19.7 Å². The molecule has 1 fully saturated rings. The molecule has 0 aromatic heterocycles. The van der Waals surface area contributed by atoms with Crippen molar-refractivity contribution in [3.8, 4) is 0 Å². The molecule has 94 valence electrons. The van der Waals surface area contributed by atoms with Crippen LogP contribution >= 0.6 is 27.5 Å². The van der Waals surface area contributed by atoms with Gasteiger partial charge in [0.05, 0.1) is 12.2 Å². The van der Waals surface area contributed by atoms with E-state index in [0.29, 0.717) is 0 Å². The molecule has 0 saturated carbocycles. The molecular formula is C13H17BrClNO. The number of hydrogen-bond donors (Lipinski definition) is 0. The van der Waals surface area contributed by atoms with Crippen LogP contribution in [0.15, 0.2) is 22.7 Å². The van der Waals surface area contributed by atoms with E-state index >= 15 is 0 Å². The first-order chi connectivity index (χ1) is 7.96. The predicted molar refractivity (Wildman–Crippen MR) is 74.5 cm³/mol. The van der Waals surface area contributed by atoms with Crippen molar-refractivity contribution < 1.29 is 4.74 Å². The highest BCUT2D eigenvalue weighted by atomic mass is 79.9. The molecule has 1 aliphatic heterocycles. The second-order valence-corrected chi connectivity index (χ2v) is 6.38. The van der Waals surface area contributed by atoms with E-state index in [4.69, 9.17) is 16.3 Å². The highest BCUT2D eigenvalue weighted by molar-refractivity contribution is 9.10. The van der Waals surface area contributed by atoms with Gasteiger partial charge in [0.1, 0.15) is 0 Å². The van der Waals surface area contributed by atoms with Crippen molar-refractivity contribution in [1.82, 2.24) is 4.90 Å². The van der Waals surface area contributed by atoms with Crippen LogP contribution in [-0.2, 0) is 11.3 Å². The Balaban J connectivity index is 2.05. The van der Waals surface area contributed by atoms with E-state index in [2.05, 4.69) is 40.7 Å². The Labute approximate surface area is 116 Å². The summed E-state index contributed by atoms with van der Waals surface area (Å²) >= 11 is 9.65. The lowest BCUT2D eigenvalue weighted by atomic mass is 10.1. The maximum absolute atomic E-state index is 6.23. The van der Waals surface area contributed by atoms with E-state index in [1.807, 2.05) is 12.1 Å². The summed E-state index contributed by atoms with van der Waals surface area (Å²) in [6.45, 7) is 7.85. The lowest BCUT2D eigenvalue weighted by Crippen LogP contribution is -2.47. The van der Waals surface area contributed by atoms with Gasteiger partial charge in [0, 0.05) is 29.1 Å². The maximum Gasteiger partial charge on any atom is 0.0753 e. The topological polar surface area (TPSA) is 12.5 Å². The first-order valence-electron chi connectivity index (χ1n) is 5.76. The fourth-order valence-corrected chi connectivity index (χ4v) is 2.87. The smallest absolute Gasteiger partial charge is 0.0753 e. The molecule has 1 aliphatic rings. The average molecular weight is 319 g/mol. The fraction of sp³-hybridized carbons (Fsp3) is 0.538. The fourth-order valence-electron chi connectivity index (χ4n) is 2.14. The van der Waals surface area contributed by atoms with Gasteiger partial charge in [-0.2, -0.15) is 0 Å². The van der Waals surface area contributed by atoms with E-state index in [-0.39, 0.29) is 5.60 Å². The first-order valence-corrected chi connectivity index (χ1v) is 6.94. The van der Waals surface area contributed by atoms with Gasteiger partial charge in [-0.3, -0.25) is 4.90 Å². The minimum atomic E-state index is -0.0555. The molecule has 0 atom stereocenters. The van der Waals surface area contributed by atoms with E-state index in [1.165, 1.54) is 5.56 Å². The second-order valence-electron chi connectivity index (χ2n) is 5.05. The minimum Gasteiger partial charge on any atom is -0.373 e. The third-order valence-electron chi connectivity index (χ3n) is 2.91. The molecule has 4 heteroatoms. The number of morpholine rings is 1. The van der Waals surface area contributed by atoms with E-state index in [9.17, 15) is 0 Å². The predicted octanol–water partition coefficient (Wildman–Crippen LogP) is 3.71. The highest BCUT2D eigenvalue weighted by Gasteiger charge is 2.27. The molecule has 0 radical (unpaired) electrons. The Morgan fingerprint density at radius 3 is 2.88 bits per heavy atom. The largest absolute Gasteiger partial charge is 0.373 e. The number of rotatable bonds is 2. The standard InChI is InChI=1S/C13H17BrClNO/c1-13(2)9-16(5-6-17-13)8-10-3-4-11(14)7-12(10)15/h3-4,7H,5-6,8-9H2,1-2H3. The molecule has 17 heavy (non-hydrogen) atoms. The van der Waals surface area contributed by atoms with Gasteiger partial charge in [-0.1, -0.05) is 33.6 Å². The van der Waals surface area contributed by atoms with Gasteiger partial charge in [-0.25, -0.2) is 0 Å². The molecule has 1 saturated heterocycles. The quantitative estimate of drug-likeness (QED) is 0.824. The monoisotopic (exact) mass is 317 g/mol. The van der Waals surface area contributed by atoms with Crippen LogP contribution in [0.25, 0.3) is 0 Å². The first kappa shape index (κ1) is 13.3. The van der Waals surface area contributed by atoms with Gasteiger partial charge in [0.15, 0.2) is 0 Å². The Hall–Kier alpha value is -0.0900. The normalized spacial score (nSPS) is 20.5. The van der Waals surface area contributed by atoms with Crippen LogP contribution < -0.4 is 0 Å². The summed E-state index contributed by atoms with van der Waals surface area (Å²) < 4.78 is 6.72. The Morgan fingerprint density at radius 1 is 1.47 bits per heavy atom. The molecular weight excluding hydrogens is 302 g/mol. The Kier molecular flexibility index (Phi) is 4.14. The highest BCUT2D eigenvalue weighted by Crippen LogP contribution is 2.24. The van der Waals surface area contributed by atoms with Crippen LogP contribution in [0.2, 0.25) is 5.02 Å². The number of benzene rings is 1. The van der Waals surface area contributed by atoms with Gasteiger partial charge in [0.2, 0.25) is 0 Å². The zero-order valence-corrected chi connectivity index (χ0v) is 12.5. The average Bonchev–Trinajstić information content (AvgIpc) is 2.21. The van der Waals surface area contributed by atoms with Crippen molar-refractivity contribution in [3.05, 3.63) is 33.3 Å². The number of hydrogen-bond acceptors (Lipinski definition) is 2. The van der Waals surface area contributed by atoms with Crippen molar-refractivity contribution in [2.24, 2.45) is 0 Å². The molecule has 1 aromatic rings. The molecule has 0 N–H and O–H groups in total. The van der Waals surface area contributed by atoms with Gasteiger partial charge < -0.3 is 4.74 Å². The van der Waals surface area contributed by atoms with E-state index in [0.717, 1.165) is 35.7 Å². The molecule has 2 rings (SSSR count). The molecule has 1 aromatic carbocycles. The van der Waals surface area contributed by atoms with Crippen LogP contribution in [0.3, 0.4) is 0 Å². The van der Waals surface area contributed by atoms with Crippen molar-refractivity contribution >= 4 is 27.5 Å². The molecule has 1 heterocycles. The minimum absolute atomic E-state index is 0.0555. The van der Waals surface area contributed by atoms with Gasteiger partial charge in [0.25, 0.3) is 0 Å². The van der Waals surface area contributed by atoms with Crippen molar-refractivity contribution in [1.29, 1.82) is 0 Å².